The van der Waals surface area contributed by atoms with Crippen molar-refractivity contribution in [3.8, 4) is 0 Å². The molecule has 0 aromatic carbocycles. The van der Waals surface area contributed by atoms with Crippen LogP contribution in [-0.2, 0) is 51.3 Å². The summed E-state index contributed by atoms with van der Waals surface area (Å²) < 4.78 is 16.7. The molecule has 12 heteroatoms. The number of aromatic nitrogens is 4. The molecule has 0 fully saturated rings. The number of esters is 2. The Morgan fingerprint density at radius 1 is 0.280 bits per heavy atom. The van der Waals surface area contributed by atoms with Crippen LogP contribution in [0.2, 0.25) is 0 Å². The number of fused-ring (bicyclic) bond motifs is 8. The summed E-state index contributed by atoms with van der Waals surface area (Å²) in [4.78, 5) is 99.0. The van der Waals surface area contributed by atoms with Gasteiger partial charge in [-0.2, -0.15) is 0 Å². The number of hydrogen-bond donors (Lipinski definition) is 2. The van der Waals surface area contributed by atoms with Gasteiger partial charge in [-0.3, -0.25) is 28.8 Å². The number of nitrogens with zero attached hydrogens (tertiary/aromatic N) is 2. The number of allylic oxidation sites excluding steroid dienone is 20. The molecule has 0 saturated heterocycles. The zero-order chi connectivity index (χ0) is 75.0. The summed E-state index contributed by atoms with van der Waals surface area (Å²) in [6.07, 6.45) is 16.0. The molecular formula is C88H112N4O8. The van der Waals surface area contributed by atoms with Crippen LogP contribution < -0.4 is 0 Å². The predicted octanol–water partition coefficient (Wildman–Crippen LogP) is 20.3. The molecule has 0 radical (unpaired) electrons. The second-order valence-electron chi connectivity index (χ2n) is 38.2. The Balaban J connectivity index is 1.65. The molecule has 8 bridgehead atoms. The van der Waals surface area contributed by atoms with Gasteiger partial charge in [0.25, 0.3) is 0 Å². The van der Waals surface area contributed by atoms with E-state index in [9.17, 15) is 0 Å². The standard InChI is InChI=1S/C88H112N4O8/c1-79(2,3)53-39-49(40-54(75(53)95)80(4,5)6)71-61-31-32-62(89-61)72(50-41-55(81(7,8)9)76(96)56(42-50)82(10,11)12)67-37-38-68(92(67)48-70(94)100-88(28,29)30)74(52-45-59(85(19,20)21)78(98)60(46-52)86(22,23)24)64-34-33-63(90-64)73(66-36-35-65(71)91(66)47-69(93)99-87(25,26)27)51-43-57(83(13,14)15)77(97)58(44-51)84(16,17)18/h31-46,89-90H,47-48H2,1-30H3. The molecule has 0 saturated carbocycles. The topological polar surface area (TPSA) is 162 Å². The van der Waals surface area contributed by atoms with Crippen LogP contribution in [0.5, 0.6) is 0 Å². The number of ether oxygens (including phenoxy) is 2. The maximum Gasteiger partial charge on any atom is 0.326 e. The molecule has 0 atom stereocenters. The molecule has 12 nitrogen and oxygen atoms in total. The molecule has 100 heavy (non-hydrogen) atoms. The summed E-state index contributed by atoms with van der Waals surface area (Å²) in [6, 6.07) is 16.3. The maximum atomic E-state index is 15.2. The molecular weight excluding hydrogens is 1240 g/mol. The van der Waals surface area contributed by atoms with E-state index >= 15 is 28.8 Å². The van der Waals surface area contributed by atoms with E-state index in [-0.39, 0.29) is 36.2 Å². The quantitative estimate of drug-likeness (QED) is 0.168. The van der Waals surface area contributed by atoms with Gasteiger partial charge in [0.1, 0.15) is 24.3 Å². The molecule has 4 aliphatic carbocycles. The van der Waals surface area contributed by atoms with Crippen molar-refractivity contribution in [3.05, 3.63) is 210 Å². The number of nitrogens with one attached hydrogen (secondary N) is 2. The lowest BCUT2D eigenvalue weighted by atomic mass is 9.71. The number of rotatable bonds is 4. The molecule has 5 heterocycles. The van der Waals surface area contributed by atoms with E-state index in [1.165, 1.54) is 0 Å². The van der Waals surface area contributed by atoms with Gasteiger partial charge in [-0.05, 0) is 204 Å². The van der Waals surface area contributed by atoms with Crippen LogP contribution in [0.1, 0.15) is 253 Å². The van der Waals surface area contributed by atoms with E-state index in [4.69, 9.17) is 9.47 Å². The highest BCUT2D eigenvalue weighted by Gasteiger charge is 2.42. The summed E-state index contributed by atoms with van der Waals surface area (Å²) in [5.74, 6) is -1.19. The van der Waals surface area contributed by atoms with Gasteiger partial charge >= 0.3 is 11.9 Å². The SMILES string of the molecule is CC(C)(C)OC(=O)Cn1c2ccc1C(=C1C=C(C(C)(C)C)C(=O)C(C(C)(C)C)=C1)c1ccc([nH]1)C(=C1C=C(C(C)(C)C)C(=O)C(C(C)(C)C)=C1)c1ccc(n1CC(=O)OC(C)(C)C)C(=C1C=C(C(C)(C)C)C(=O)C(C(C)(C)C)=C1)c1ccc([nH]1)C2=C1C=C(C(C)(C)C)C(=O)C(C(C)(C)C)=C1. The zero-order valence-electron chi connectivity index (χ0n) is 65.8. The van der Waals surface area contributed by atoms with Crippen molar-refractivity contribution < 1.29 is 38.2 Å². The lowest BCUT2D eigenvalue weighted by Gasteiger charge is -2.32. The predicted molar refractivity (Wildman–Crippen MR) is 407 cm³/mol. The highest BCUT2D eigenvalue weighted by atomic mass is 16.6. The molecule has 9 rings (SSSR count). The third-order valence-corrected chi connectivity index (χ3v) is 18.8. The highest BCUT2D eigenvalue weighted by Crippen LogP contribution is 2.50. The first-order valence-corrected chi connectivity index (χ1v) is 35.5. The zero-order valence-corrected chi connectivity index (χ0v) is 65.8. The molecule has 0 amide bonds. The fourth-order valence-electron chi connectivity index (χ4n) is 13.8. The molecule has 4 aromatic rings. The van der Waals surface area contributed by atoms with E-state index in [2.05, 4.69) is 176 Å². The van der Waals surface area contributed by atoms with Crippen molar-refractivity contribution in [1.29, 1.82) is 0 Å². The fraction of sp³-hybridized carbons (Fsp3) is 0.477. The van der Waals surface area contributed by atoms with E-state index in [1.807, 2.05) is 148 Å². The van der Waals surface area contributed by atoms with E-state index in [0.717, 1.165) is 0 Å². The van der Waals surface area contributed by atoms with Crippen molar-refractivity contribution in [1.82, 2.24) is 19.1 Å². The third kappa shape index (κ3) is 15.4. The Labute approximate surface area is 596 Å². The van der Waals surface area contributed by atoms with Gasteiger partial charge in [0.05, 0.1) is 22.8 Å². The number of carbonyl (C=O) groups is 6. The highest BCUT2D eigenvalue weighted by molar-refractivity contribution is 6.16. The molecule has 2 N–H and O–H groups in total. The van der Waals surface area contributed by atoms with E-state index in [1.54, 1.807) is 0 Å². The van der Waals surface area contributed by atoms with Crippen LogP contribution in [-0.4, -0.2) is 65.4 Å². The van der Waals surface area contributed by atoms with Gasteiger partial charge in [0, 0.05) is 89.7 Å². The summed E-state index contributed by atoms with van der Waals surface area (Å²) in [6.45, 7) is 59.9. The van der Waals surface area contributed by atoms with Crippen LogP contribution in [0.3, 0.4) is 0 Å². The summed E-state index contributed by atoms with van der Waals surface area (Å²) >= 11 is 0. The number of H-pyrrole nitrogens is 2. The second-order valence-corrected chi connectivity index (χ2v) is 38.2. The molecule has 4 aromatic heterocycles. The Bertz CT molecular complexity index is 3870. The Morgan fingerprint density at radius 2 is 0.440 bits per heavy atom. The van der Waals surface area contributed by atoms with Crippen LogP contribution in [0.25, 0.3) is 22.3 Å². The number of carbonyl (C=O) groups excluding carboxylic acids is 6. The molecule has 0 spiro atoms. The number of hydrogen-bond acceptors (Lipinski definition) is 8. The molecule has 0 unspecified atom stereocenters. The second kappa shape index (κ2) is 25.3. The monoisotopic (exact) mass is 1350 g/mol. The number of aromatic amines is 2. The van der Waals surface area contributed by atoms with Crippen molar-refractivity contribution in [2.45, 2.75) is 232 Å². The average molecular weight is 1350 g/mol. The minimum absolute atomic E-state index is 0.0495. The normalized spacial score (nSPS) is 17.7. The van der Waals surface area contributed by atoms with Crippen molar-refractivity contribution >= 4 is 57.4 Å². The summed E-state index contributed by atoms with van der Waals surface area (Å²) in [5.41, 5.74) is 8.69. The van der Waals surface area contributed by atoms with Crippen LogP contribution in [0, 0.1) is 43.3 Å². The Kier molecular flexibility index (Phi) is 19.2. The number of Topliss-reactive ketones (excluding diaryl/α,β-unsaturated/α-hetero) is 4. The third-order valence-electron chi connectivity index (χ3n) is 18.8. The molecule has 1 aliphatic heterocycles. The van der Waals surface area contributed by atoms with Gasteiger partial charge in [-0.25, -0.2) is 0 Å². The van der Waals surface area contributed by atoms with Crippen molar-refractivity contribution in [2.75, 3.05) is 0 Å². The van der Waals surface area contributed by atoms with Crippen LogP contribution >= 0.6 is 0 Å². The molecule has 5 aliphatic rings. The van der Waals surface area contributed by atoms with E-state index in [0.29, 0.717) is 135 Å². The lowest BCUT2D eigenvalue weighted by Crippen LogP contribution is -2.29. The first-order valence-electron chi connectivity index (χ1n) is 35.5. The first kappa shape index (κ1) is 75.8. The minimum Gasteiger partial charge on any atom is -0.459 e. The van der Waals surface area contributed by atoms with Gasteiger partial charge in [0.15, 0.2) is 23.1 Å². The Hall–Kier alpha value is -8.38. The van der Waals surface area contributed by atoms with Gasteiger partial charge in [0.2, 0.25) is 0 Å². The van der Waals surface area contributed by atoms with Crippen LogP contribution in [0.4, 0.5) is 0 Å². The lowest BCUT2D eigenvalue weighted by molar-refractivity contribution is -0.156. The number of ketones is 4. The first-order chi connectivity index (χ1) is 45.4. The van der Waals surface area contributed by atoms with Gasteiger partial charge in [-0.15, -0.1) is 0 Å². The fourth-order valence-corrected chi connectivity index (χ4v) is 13.8. The van der Waals surface area contributed by atoms with Gasteiger partial charge < -0.3 is 28.6 Å². The largest absolute Gasteiger partial charge is 0.459 e. The van der Waals surface area contributed by atoms with Crippen molar-refractivity contribution in [2.24, 2.45) is 43.3 Å². The maximum absolute atomic E-state index is 15.2. The Morgan fingerprint density at radius 3 is 0.580 bits per heavy atom. The average Bonchev–Trinajstić information content (AvgIpc) is 1.51. The minimum atomic E-state index is -0.882. The smallest absolute Gasteiger partial charge is 0.326 e. The summed E-state index contributed by atoms with van der Waals surface area (Å²) in [7, 11) is 0. The summed E-state index contributed by atoms with van der Waals surface area (Å²) in [5, 5.41) is 0. The van der Waals surface area contributed by atoms with E-state index < -0.39 is 66.5 Å². The van der Waals surface area contributed by atoms with Gasteiger partial charge in [-0.1, -0.05) is 166 Å². The molecule has 532 valence electrons. The van der Waals surface area contributed by atoms with Crippen LogP contribution in [0.15, 0.2) is 164 Å². The van der Waals surface area contributed by atoms with Crippen molar-refractivity contribution in [3.63, 3.8) is 0 Å².